The van der Waals surface area contributed by atoms with Crippen molar-refractivity contribution in [2.24, 2.45) is 5.41 Å². The number of rotatable bonds is 2. The van der Waals surface area contributed by atoms with Crippen LogP contribution in [0.5, 0.6) is 0 Å². The van der Waals surface area contributed by atoms with Crippen LogP contribution >= 0.6 is 0 Å². The number of carbonyl (C=O) groups excluding carboxylic acids is 1. The van der Waals surface area contributed by atoms with Gasteiger partial charge < -0.3 is 5.11 Å². The van der Waals surface area contributed by atoms with Gasteiger partial charge in [-0.25, -0.2) is 0 Å². The molecule has 1 N–H and O–H groups in total. The lowest BCUT2D eigenvalue weighted by atomic mass is 9.72. The summed E-state index contributed by atoms with van der Waals surface area (Å²) in [4.78, 5) is 16.3. The molecule has 1 heterocycles. The van der Waals surface area contributed by atoms with Gasteiger partial charge in [-0.3, -0.25) is 9.78 Å². The first-order valence-corrected chi connectivity index (χ1v) is 7.59. The van der Waals surface area contributed by atoms with E-state index in [-0.39, 0.29) is 5.41 Å². The first-order valence-electron chi connectivity index (χ1n) is 7.59. The molecule has 0 aromatic carbocycles. The molecule has 108 valence electrons. The van der Waals surface area contributed by atoms with Crippen molar-refractivity contribution in [3.8, 4) is 0 Å². The van der Waals surface area contributed by atoms with Crippen LogP contribution in [0.25, 0.3) is 0 Å². The number of hydrogen-bond donors (Lipinski definition) is 1. The fourth-order valence-corrected chi connectivity index (χ4v) is 3.69. The van der Waals surface area contributed by atoms with Crippen molar-refractivity contribution < 1.29 is 9.90 Å². The topological polar surface area (TPSA) is 50.2 Å². The van der Waals surface area contributed by atoms with E-state index in [4.69, 9.17) is 4.98 Å². The van der Waals surface area contributed by atoms with E-state index < -0.39 is 6.10 Å². The SMILES string of the molecule is Cc1c(C=O)c(C2CCC2)nc2c1C(O)CC(C)(C)C2. The van der Waals surface area contributed by atoms with Gasteiger partial charge in [-0.05, 0) is 43.6 Å². The van der Waals surface area contributed by atoms with Gasteiger partial charge in [0.1, 0.15) is 0 Å². The van der Waals surface area contributed by atoms with Crippen LogP contribution in [0.2, 0.25) is 0 Å². The predicted octanol–water partition coefficient (Wildman–Crippen LogP) is 3.48. The maximum Gasteiger partial charge on any atom is 0.152 e. The van der Waals surface area contributed by atoms with Crippen LogP contribution in [0.3, 0.4) is 0 Å². The molecule has 1 saturated carbocycles. The average Bonchev–Trinajstić information content (AvgIpc) is 2.23. The van der Waals surface area contributed by atoms with Gasteiger partial charge in [-0.1, -0.05) is 20.3 Å². The monoisotopic (exact) mass is 273 g/mol. The Morgan fingerprint density at radius 2 is 2.05 bits per heavy atom. The summed E-state index contributed by atoms with van der Waals surface area (Å²) in [6, 6.07) is 0. The molecule has 0 amide bonds. The van der Waals surface area contributed by atoms with Gasteiger partial charge in [0.25, 0.3) is 0 Å². The number of aromatic nitrogens is 1. The van der Waals surface area contributed by atoms with Crippen molar-refractivity contribution in [2.45, 2.75) is 64.9 Å². The van der Waals surface area contributed by atoms with Crippen LogP contribution in [0.15, 0.2) is 0 Å². The molecule has 1 aromatic rings. The van der Waals surface area contributed by atoms with Gasteiger partial charge in [0.05, 0.1) is 11.8 Å². The molecule has 0 bridgehead atoms. The van der Waals surface area contributed by atoms with E-state index in [1.807, 2.05) is 6.92 Å². The maximum atomic E-state index is 11.5. The first-order chi connectivity index (χ1) is 9.43. The Bertz CT molecular complexity index is 559. The molecule has 0 saturated heterocycles. The third-order valence-electron chi connectivity index (χ3n) is 4.99. The molecule has 2 aliphatic carbocycles. The molecule has 1 fully saturated rings. The predicted molar refractivity (Wildman–Crippen MR) is 78.0 cm³/mol. The summed E-state index contributed by atoms with van der Waals surface area (Å²) in [5.41, 5.74) is 4.66. The number of nitrogens with zero attached hydrogens (tertiary/aromatic N) is 1. The van der Waals surface area contributed by atoms with Gasteiger partial charge in [0.15, 0.2) is 6.29 Å². The zero-order valence-electron chi connectivity index (χ0n) is 12.6. The van der Waals surface area contributed by atoms with E-state index >= 15 is 0 Å². The molecular weight excluding hydrogens is 250 g/mol. The molecular formula is C17H23NO2. The lowest BCUT2D eigenvalue weighted by Crippen LogP contribution is -2.29. The molecule has 0 aliphatic heterocycles. The number of hydrogen-bond acceptors (Lipinski definition) is 3. The fraction of sp³-hybridized carbons (Fsp3) is 0.647. The van der Waals surface area contributed by atoms with Crippen molar-refractivity contribution >= 4 is 6.29 Å². The minimum atomic E-state index is -0.490. The molecule has 1 atom stereocenters. The zero-order chi connectivity index (χ0) is 14.5. The molecule has 3 nitrogen and oxygen atoms in total. The van der Waals surface area contributed by atoms with Gasteiger partial charge >= 0.3 is 0 Å². The standard InChI is InChI=1S/C17H23NO2/c1-10-12(9-19)16(11-5-4-6-11)18-13-7-17(2,3)8-14(20)15(10)13/h9,11,14,20H,4-8H2,1-3H3. The van der Waals surface area contributed by atoms with E-state index in [2.05, 4.69) is 13.8 Å². The maximum absolute atomic E-state index is 11.5. The third-order valence-corrected chi connectivity index (χ3v) is 4.99. The van der Waals surface area contributed by atoms with Crippen LogP contribution in [-0.4, -0.2) is 16.4 Å². The van der Waals surface area contributed by atoms with E-state index in [1.54, 1.807) is 0 Å². The summed E-state index contributed by atoms with van der Waals surface area (Å²) in [6.45, 7) is 6.31. The molecule has 1 unspecified atom stereocenters. The Kier molecular flexibility index (Phi) is 3.20. The van der Waals surface area contributed by atoms with Gasteiger partial charge in [0.2, 0.25) is 0 Å². The van der Waals surface area contributed by atoms with Crippen LogP contribution in [0.1, 0.15) is 84.4 Å². The number of aldehydes is 1. The van der Waals surface area contributed by atoms with Crippen molar-refractivity contribution in [1.29, 1.82) is 0 Å². The zero-order valence-corrected chi connectivity index (χ0v) is 12.6. The normalized spacial score (nSPS) is 24.9. The fourth-order valence-electron chi connectivity index (χ4n) is 3.69. The number of pyridine rings is 1. The summed E-state index contributed by atoms with van der Waals surface area (Å²) in [6.07, 6.45) is 5.58. The highest BCUT2D eigenvalue weighted by molar-refractivity contribution is 5.80. The first kappa shape index (κ1) is 13.7. The second kappa shape index (κ2) is 4.66. The summed E-state index contributed by atoms with van der Waals surface area (Å²) in [7, 11) is 0. The van der Waals surface area contributed by atoms with E-state index in [9.17, 15) is 9.90 Å². The molecule has 20 heavy (non-hydrogen) atoms. The van der Waals surface area contributed by atoms with Gasteiger partial charge in [0, 0.05) is 22.7 Å². The molecule has 3 rings (SSSR count). The van der Waals surface area contributed by atoms with Gasteiger partial charge in [-0.15, -0.1) is 0 Å². The number of aliphatic hydroxyl groups is 1. The highest BCUT2D eigenvalue weighted by atomic mass is 16.3. The molecule has 1 aromatic heterocycles. The van der Waals surface area contributed by atoms with Crippen molar-refractivity contribution in [1.82, 2.24) is 4.98 Å². The Morgan fingerprint density at radius 3 is 2.60 bits per heavy atom. The Balaban J connectivity index is 2.16. The Morgan fingerprint density at radius 1 is 1.35 bits per heavy atom. The van der Waals surface area contributed by atoms with Crippen molar-refractivity contribution in [3.05, 3.63) is 28.1 Å². The van der Waals surface area contributed by atoms with Crippen LogP contribution in [0, 0.1) is 12.3 Å². The number of aliphatic hydroxyl groups excluding tert-OH is 1. The van der Waals surface area contributed by atoms with Crippen molar-refractivity contribution in [3.63, 3.8) is 0 Å². The average molecular weight is 273 g/mol. The van der Waals surface area contributed by atoms with Crippen LogP contribution in [-0.2, 0) is 6.42 Å². The summed E-state index contributed by atoms with van der Waals surface area (Å²) < 4.78 is 0. The smallest absolute Gasteiger partial charge is 0.152 e. The quantitative estimate of drug-likeness (QED) is 0.839. The molecule has 0 radical (unpaired) electrons. The minimum Gasteiger partial charge on any atom is -0.388 e. The van der Waals surface area contributed by atoms with Crippen molar-refractivity contribution in [2.75, 3.05) is 0 Å². The Labute approximate surface area is 120 Å². The molecule has 0 spiro atoms. The summed E-state index contributed by atoms with van der Waals surface area (Å²) in [5.74, 6) is 0.446. The lowest BCUT2D eigenvalue weighted by Gasteiger charge is -2.37. The van der Waals surface area contributed by atoms with E-state index in [0.717, 1.165) is 60.0 Å². The van der Waals surface area contributed by atoms with E-state index in [1.165, 1.54) is 6.42 Å². The van der Waals surface area contributed by atoms with Gasteiger partial charge in [-0.2, -0.15) is 0 Å². The number of fused-ring (bicyclic) bond motifs is 1. The molecule has 3 heteroatoms. The summed E-state index contributed by atoms with van der Waals surface area (Å²) in [5, 5.41) is 10.4. The highest BCUT2D eigenvalue weighted by Gasteiger charge is 2.36. The second-order valence-electron chi connectivity index (χ2n) is 7.20. The molecule has 2 aliphatic rings. The number of carbonyl (C=O) groups is 1. The van der Waals surface area contributed by atoms with Crippen LogP contribution in [0.4, 0.5) is 0 Å². The Hall–Kier alpha value is -1.22. The largest absolute Gasteiger partial charge is 0.388 e. The third kappa shape index (κ3) is 2.08. The second-order valence-corrected chi connectivity index (χ2v) is 7.20. The minimum absolute atomic E-state index is 0.0748. The highest BCUT2D eigenvalue weighted by Crippen LogP contribution is 2.44. The lowest BCUT2D eigenvalue weighted by molar-refractivity contribution is 0.0970. The van der Waals surface area contributed by atoms with Crippen LogP contribution < -0.4 is 0 Å². The van der Waals surface area contributed by atoms with E-state index in [0.29, 0.717) is 5.92 Å². The summed E-state index contributed by atoms with van der Waals surface area (Å²) >= 11 is 0.